The highest BCUT2D eigenvalue weighted by atomic mass is 16.5. The highest BCUT2D eigenvalue weighted by molar-refractivity contribution is 4.73. The molecule has 3 heteroatoms. The largest absolute Gasteiger partial charge is 0.380 e. The Morgan fingerprint density at radius 1 is 1.28 bits per heavy atom. The molecule has 0 saturated carbocycles. The van der Waals surface area contributed by atoms with Crippen LogP contribution in [0.1, 0.15) is 46.0 Å². The first-order valence-electron chi connectivity index (χ1n) is 7.69. The van der Waals surface area contributed by atoms with E-state index in [1.807, 2.05) is 0 Å². The summed E-state index contributed by atoms with van der Waals surface area (Å²) in [4.78, 5) is 2.45. The average Bonchev–Trinajstić information content (AvgIpc) is 2.34. The minimum Gasteiger partial charge on any atom is -0.380 e. The van der Waals surface area contributed by atoms with Crippen LogP contribution in [0.25, 0.3) is 0 Å². The Labute approximate surface area is 113 Å². The van der Waals surface area contributed by atoms with Gasteiger partial charge in [0.1, 0.15) is 0 Å². The third-order valence-corrected chi connectivity index (χ3v) is 3.68. The van der Waals surface area contributed by atoms with Crippen LogP contribution in [0.5, 0.6) is 0 Å². The van der Waals surface area contributed by atoms with Gasteiger partial charge in [-0.25, -0.2) is 0 Å². The number of piperidine rings is 1. The summed E-state index contributed by atoms with van der Waals surface area (Å²) in [5, 5.41) is 3.47. The first kappa shape index (κ1) is 15.9. The fourth-order valence-electron chi connectivity index (χ4n) is 2.42. The van der Waals surface area contributed by atoms with Gasteiger partial charge < -0.3 is 15.0 Å². The summed E-state index contributed by atoms with van der Waals surface area (Å²) in [6.45, 7) is 9.85. The predicted molar refractivity (Wildman–Crippen MR) is 78.0 cm³/mol. The van der Waals surface area contributed by atoms with E-state index < -0.39 is 0 Å². The maximum atomic E-state index is 5.80. The van der Waals surface area contributed by atoms with E-state index in [1.54, 1.807) is 0 Å². The first-order chi connectivity index (χ1) is 8.70. The Morgan fingerprint density at radius 3 is 2.83 bits per heavy atom. The van der Waals surface area contributed by atoms with Crippen LogP contribution in [0.2, 0.25) is 0 Å². The van der Waals surface area contributed by atoms with Gasteiger partial charge in [-0.15, -0.1) is 0 Å². The molecule has 0 bridgehead atoms. The first-order valence-corrected chi connectivity index (χ1v) is 7.69. The number of nitrogens with zero attached hydrogens (tertiary/aromatic N) is 1. The minimum absolute atomic E-state index is 0.665. The lowest BCUT2D eigenvalue weighted by Crippen LogP contribution is -2.39. The number of hydrogen-bond acceptors (Lipinski definition) is 3. The Balaban J connectivity index is 1.86. The molecule has 0 spiro atoms. The van der Waals surface area contributed by atoms with Gasteiger partial charge in [0.25, 0.3) is 0 Å². The van der Waals surface area contributed by atoms with E-state index in [4.69, 9.17) is 4.74 Å². The summed E-state index contributed by atoms with van der Waals surface area (Å²) in [7, 11) is 2.23. The summed E-state index contributed by atoms with van der Waals surface area (Å²) in [5.41, 5.74) is 0. The minimum atomic E-state index is 0.665. The molecule has 1 N–H and O–H groups in total. The van der Waals surface area contributed by atoms with Crippen LogP contribution >= 0.6 is 0 Å². The van der Waals surface area contributed by atoms with Crippen LogP contribution in [-0.2, 0) is 4.74 Å². The SMILES string of the molecule is CC(C)CNCCCCOCC1CCCCN1C. The summed E-state index contributed by atoms with van der Waals surface area (Å²) < 4.78 is 5.80. The summed E-state index contributed by atoms with van der Waals surface area (Å²) >= 11 is 0. The third kappa shape index (κ3) is 7.34. The summed E-state index contributed by atoms with van der Waals surface area (Å²) in [5.74, 6) is 0.753. The average molecular weight is 256 g/mol. The van der Waals surface area contributed by atoms with E-state index in [2.05, 4.69) is 31.1 Å². The zero-order valence-electron chi connectivity index (χ0n) is 12.6. The smallest absolute Gasteiger partial charge is 0.0621 e. The molecule has 0 aromatic heterocycles. The van der Waals surface area contributed by atoms with Crippen molar-refractivity contribution in [3.8, 4) is 0 Å². The molecule has 0 radical (unpaired) electrons. The van der Waals surface area contributed by atoms with E-state index in [9.17, 15) is 0 Å². The van der Waals surface area contributed by atoms with Gasteiger partial charge in [0.2, 0.25) is 0 Å². The maximum absolute atomic E-state index is 5.80. The Morgan fingerprint density at radius 2 is 2.11 bits per heavy atom. The van der Waals surface area contributed by atoms with Crippen molar-refractivity contribution in [1.82, 2.24) is 10.2 Å². The second-order valence-corrected chi connectivity index (χ2v) is 6.01. The van der Waals surface area contributed by atoms with Crippen LogP contribution in [-0.4, -0.2) is 50.8 Å². The van der Waals surface area contributed by atoms with Crippen molar-refractivity contribution in [3.63, 3.8) is 0 Å². The van der Waals surface area contributed by atoms with Gasteiger partial charge in [0.15, 0.2) is 0 Å². The number of unbranched alkanes of at least 4 members (excludes halogenated alkanes) is 1. The lowest BCUT2D eigenvalue weighted by molar-refractivity contribution is 0.0514. The van der Waals surface area contributed by atoms with E-state index in [0.29, 0.717) is 6.04 Å². The topological polar surface area (TPSA) is 24.5 Å². The maximum Gasteiger partial charge on any atom is 0.0621 e. The highest BCUT2D eigenvalue weighted by Gasteiger charge is 2.18. The van der Waals surface area contributed by atoms with E-state index in [1.165, 1.54) is 38.6 Å². The van der Waals surface area contributed by atoms with Crippen molar-refractivity contribution in [1.29, 1.82) is 0 Å². The molecule has 0 amide bonds. The fourth-order valence-corrected chi connectivity index (χ4v) is 2.42. The normalized spacial score (nSPS) is 21.7. The molecular formula is C15H32N2O. The molecule has 0 aromatic rings. The molecule has 18 heavy (non-hydrogen) atoms. The molecule has 108 valence electrons. The van der Waals surface area contributed by atoms with E-state index in [-0.39, 0.29) is 0 Å². The molecule has 0 aromatic carbocycles. The number of ether oxygens (including phenoxy) is 1. The van der Waals surface area contributed by atoms with Crippen molar-refractivity contribution >= 4 is 0 Å². The lowest BCUT2D eigenvalue weighted by Gasteiger charge is -2.32. The molecule has 1 atom stereocenters. The van der Waals surface area contributed by atoms with Crippen LogP contribution in [0.4, 0.5) is 0 Å². The molecule has 1 unspecified atom stereocenters. The van der Waals surface area contributed by atoms with Crippen LogP contribution in [0.3, 0.4) is 0 Å². The number of rotatable bonds is 9. The molecular weight excluding hydrogens is 224 g/mol. The summed E-state index contributed by atoms with van der Waals surface area (Å²) in [6.07, 6.45) is 6.45. The van der Waals surface area contributed by atoms with Gasteiger partial charge >= 0.3 is 0 Å². The molecule has 1 heterocycles. The molecule has 1 rings (SSSR count). The number of likely N-dealkylation sites (tertiary alicyclic amines) is 1. The van der Waals surface area contributed by atoms with Gasteiger partial charge in [-0.3, -0.25) is 0 Å². The van der Waals surface area contributed by atoms with Gasteiger partial charge in [-0.2, -0.15) is 0 Å². The number of nitrogens with one attached hydrogen (secondary N) is 1. The van der Waals surface area contributed by atoms with Gasteiger partial charge in [-0.05, 0) is 58.3 Å². The van der Waals surface area contributed by atoms with Crippen molar-refractivity contribution in [2.24, 2.45) is 5.92 Å². The van der Waals surface area contributed by atoms with Gasteiger partial charge in [0, 0.05) is 12.6 Å². The van der Waals surface area contributed by atoms with Crippen LogP contribution in [0.15, 0.2) is 0 Å². The zero-order valence-corrected chi connectivity index (χ0v) is 12.6. The van der Waals surface area contributed by atoms with Gasteiger partial charge in [0.05, 0.1) is 6.61 Å². The second kappa shape index (κ2) is 9.76. The second-order valence-electron chi connectivity index (χ2n) is 6.01. The molecule has 3 nitrogen and oxygen atoms in total. The monoisotopic (exact) mass is 256 g/mol. The van der Waals surface area contributed by atoms with Crippen molar-refractivity contribution in [2.75, 3.05) is 39.9 Å². The van der Waals surface area contributed by atoms with Crippen molar-refractivity contribution in [3.05, 3.63) is 0 Å². The Kier molecular flexibility index (Phi) is 8.64. The Bertz CT molecular complexity index is 197. The quantitative estimate of drug-likeness (QED) is 0.642. The van der Waals surface area contributed by atoms with Gasteiger partial charge in [-0.1, -0.05) is 20.3 Å². The van der Waals surface area contributed by atoms with Crippen LogP contribution in [0, 0.1) is 5.92 Å². The van der Waals surface area contributed by atoms with Crippen LogP contribution < -0.4 is 5.32 Å². The van der Waals surface area contributed by atoms with Crippen molar-refractivity contribution in [2.45, 2.75) is 52.0 Å². The molecule has 1 aliphatic heterocycles. The molecule has 0 aliphatic carbocycles. The van der Waals surface area contributed by atoms with E-state index in [0.717, 1.165) is 32.2 Å². The molecule has 1 saturated heterocycles. The molecule has 1 aliphatic rings. The fraction of sp³-hybridized carbons (Fsp3) is 1.00. The number of likely N-dealkylation sites (N-methyl/N-ethyl adjacent to an activating group) is 1. The number of hydrogen-bond donors (Lipinski definition) is 1. The highest BCUT2D eigenvalue weighted by Crippen LogP contribution is 2.15. The summed E-state index contributed by atoms with van der Waals surface area (Å²) in [6, 6.07) is 0.665. The Hall–Kier alpha value is -0.120. The third-order valence-electron chi connectivity index (χ3n) is 3.68. The van der Waals surface area contributed by atoms with E-state index >= 15 is 0 Å². The lowest BCUT2D eigenvalue weighted by atomic mass is 10.0. The molecule has 1 fully saturated rings. The standard InChI is InChI=1S/C15H32N2O/c1-14(2)12-16-9-5-7-11-18-13-15-8-4-6-10-17(15)3/h14-16H,4-13H2,1-3H3. The zero-order chi connectivity index (χ0) is 13.2. The van der Waals surface area contributed by atoms with Crippen molar-refractivity contribution < 1.29 is 4.74 Å². The predicted octanol–water partition coefficient (Wildman–Crippen LogP) is 2.51.